The van der Waals surface area contributed by atoms with Gasteiger partial charge in [0.2, 0.25) is 5.75 Å². The molecule has 0 saturated heterocycles. The Morgan fingerprint density at radius 3 is 2.55 bits per heavy atom. The lowest BCUT2D eigenvalue weighted by Gasteiger charge is -2.17. The zero-order valence-electron chi connectivity index (χ0n) is 16.4. The van der Waals surface area contributed by atoms with Crippen molar-refractivity contribution in [1.82, 2.24) is 9.55 Å². The summed E-state index contributed by atoms with van der Waals surface area (Å²) in [6.45, 7) is 1.69. The average molecular weight is 572 g/mol. The summed E-state index contributed by atoms with van der Waals surface area (Å²) in [5, 5.41) is 19.6. The summed E-state index contributed by atoms with van der Waals surface area (Å²) in [5.74, 6) is 0.516. The molecule has 0 spiro atoms. The van der Waals surface area contributed by atoms with Gasteiger partial charge in [-0.15, -0.1) is 0 Å². The van der Waals surface area contributed by atoms with E-state index in [2.05, 4.69) is 4.98 Å². The van der Waals surface area contributed by atoms with E-state index in [9.17, 15) is 15.2 Å². The van der Waals surface area contributed by atoms with Crippen LogP contribution in [0.3, 0.4) is 0 Å². The number of nitrogens with zero attached hydrogens (tertiary/aromatic N) is 3. The van der Waals surface area contributed by atoms with Crippen molar-refractivity contribution in [1.29, 1.82) is 5.26 Å². The fourth-order valence-corrected chi connectivity index (χ4v) is 3.83. The molecule has 3 aromatic rings. The van der Waals surface area contributed by atoms with Gasteiger partial charge in [-0.3, -0.25) is 9.36 Å². The van der Waals surface area contributed by atoms with Gasteiger partial charge in [-0.1, -0.05) is 35.3 Å². The van der Waals surface area contributed by atoms with Crippen molar-refractivity contribution in [2.45, 2.75) is 19.6 Å². The van der Waals surface area contributed by atoms with E-state index in [1.54, 1.807) is 19.2 Å². The molecule has 0 aliphatic rings. The maximum absolute atomic E-state index is 13.3. The van der Waals surface area contributed by atoms with Crippen LogP contribution in [0.2, 0.25) is 10.0 Å². The molecule has 2 aromatic carbocycles. The van der Waals surface area contributed by atoms with Crippen LogP contribution in [0.25, 0.3) is 0 Å². The molecule has 0 bridgehead atoms. The van der Waals surface area contributed by atoms with E-state index in [1.807, 2.05) is 40.8 Å². The minimum absolute atomic E-state index is 0.00287. The second-order valence-electron chi connectivity index (χ2n) is 6.49. The number of aliphatic hydroxyl groups excluding tert-OH is 1. The Bertz CT molecular complexity index is 1220. The third kappa shape index (κ3) is 5.13. The summed E-state index contributed by atoms with van der Waals surface area (Å²) < 4.78 is 12.7. The number of benzene rings is 2. The molecule has 10 heteroatoms. The van der Waals surface area contributed by atoms with Gasteiger partial charge in [-0.25, -0.2) is 4.98 Å². The molecule has 0 aliphatic heterocycles. The first kappa shape index (κ1) is 23.3. The number of nitriles is 1. The monoisotopic (exact) mass is 571 g/mol. The molecule has 160 valence electrons. The third-order valence-corrected chi connectivity index (χ3v) is 5.77. The zero-order valence-corrected chi connectivity index (χ0v) is 20.1. The first-order valence-corrected chi connectivity index (χ1v) is 10.8. The van der Waals surface area contributed by atoms with Crippen LogP contribution in [0.1, 0.15) is 29.8 Å². The van der Waals surface area contributed by atoms with Gasteiger partial charge in [-0.2, -0.15) is 5.26 Å². The third-order valence-electron chi connectivity index (χ3n) is 4.34. The molecule has 1 aromatic heterocycles. The van der Waals surface area contributed by atoms with Gasteiger partial charge in [0, 0.05) is 33.7 Å². The maximum atomic E-state index is 13.3. The molecule has 7 nitrogen and oxygen atoms in total. The van der Waals surface area contributed by atoms with Gasteiger partial charge in [0.15, 0.2) is 3.83 Å². The molecule has 0 aliphatic carbocycles. The minimum Gasteiger partial charge on any atom is -0.497 e. The summed E-state index contributed by atoms with van der Waals surface area (Å²) in [6, 6.07) is 11.9. The lowest BCUT2D eigenvalue weighted by Crippen LogP contribution is -2.27. The molecule has 0 saturated carbocycles. The van der Waals surface area contributed by atoms with Gasteiger partial charge >= 0.3 is 0 Å². The van der Waals surface area contributed by atoms with Gasteiger partial charge in [0.25, 0.3) is 5.56 Å². The number of methoxy groups -OCH3 is 1. The van der Waals surface area contributed by atoms with E-state index in [0.717, 1.165) is 5.56 Å². The SMILES string of the molecule is COc1ccc(Cn2c(I)nc(C(C)O)c(Oc3cc(Cl)cc(C#N)c3Cl)c2=O)cc1. The number of halogens is 3. The van der Waals surface area contributed by atoms with Crippen molar-refractivity contribution in [2.24, 2.45) is 0 Å². The fourth-order valence-electron chi connectivity index (χ4n) is 2.79. The van der Waals surface area contributed by atoms with Gasteiger partial charge in [-0.05, 0) is 30.7 Å². The molecule has 1 N–H and O–H groups in total. The Morgan fingerprint density at radius 1 is 1.29 bits per heavy atom. The number of ether oxygens (including phenoxy) is 2. The standard InChI is InChI=1S/C21H16Cl2IN3O4/c1-11(28)18-19(31-16-8-14(22)7-13(9-25)17(16)23)20(29)27(21(24)26-18)10-12-3-5-15(30-2)6-4-12/h3-8,11,28H,10H2,1-2H3. The van der Waals surface area contributed by atoms with E-state index in [0.29, 0.717) is 9.58 Å². The molecule has 3 rings (SSSR count). The van der Waals surface area contributed by atoms with E-state index in [1.165, 1.54) is 23.6 Å². The van der Waals surface area contributed by atoms with Crippen LogP contribution in [0.5, 0.6) is 17.2 Å². The van der Waals surface area contributed by atoms with E-state index >= 15 is 0 Å². The van der Waals surface area contributed by atoms with E-state index in [4.69, 9.17) is 32.7 Å². The van der Waals surface area contributed by atoms with Crippen LogP contribution in [-0.2, 0) is 6.54 Å². The van der Waals surface area contributed by atoms with Crippen molar-refractivity contribution < 1.29 is 14.6 Å². The molecule has 1 unspecified atom stereocenters. The van der Waals surface area contributed by atoms with Crippen molar-refractivity contribution in [3.05, 3.63) is 77.4 Å². The van der Waals surface area contributed by atoms with Crippen LogP contribution >= 0.6 is 45.8 Å². The Labute approximate surface area is 201 Å². The Balaban J connectivity index is 2.11. The maximum Gasteiger partial charge on any atom is 0.297 e. The first-order valence-electron chi connectivity index (χ1n) is 8.93. The van der Waals surface area contributed by atoms with Crippen molar-refractivity contribution in [3.63, 3.8) is 0 Å². The van der Waals surface area contributed by atoms with Crippen molar-refractivity contribution in [2.75, 3.05) is 7.11 Å². The lowest BCUT2D eigenvalue weighted by atomic mass is 10.2. The normalized spacial score (nSPS) is 11.6. The summed E-state index contributed by atoms with van der Waals surface area (Å²) in [4.78, 5) is 17.7. The van der Waals surface area contributed by atoms with Gasteiger partial charge in [0.05, 0.1) is 25.3 Å². The molecule has 0 amide bonds. The first-order chi connectivity index (χ1) is 14.7. The van der Waals surface area contributed by atoms with Crippen LogP contribution in [0, 0.1) is 15.2 Å². The average Bonchev–Trinajstić information content (AvgIpc) is 2.75. The highest BCUT2D eigenvalue weighted by Gasteiger charge is 2.23. The van der Waals surface area contributed by atoms with Crippen LogP contribution in [0.15, 0.2) is 41.2 Å². The molecule has 1 heterocycles. The molecule has 1 atom stereocenters. The number of rotatable bonds is 6. The molecule has 0 radical (unpaired) electrons. The molecular weight excluding hydrogens is 556 g/mol. The highest BCUT2D eigenvalue weighted by molar-refractivity contribution is 14.1. The smallest absolute Gasteiger partial charge is 0.297 e. The number of aliphatic hydroxyl groups is 1. The minimum atomic E-state index is -1.08. The number of aromatic nitrogens is 2. The second kappa shape index (κ2) is 9.87. The quantitative estimate of drug-likeness (QED) is 0.333. The second-order valence-corrected chi connectivity index (χ2v) is 8.27. The topological polar surface area (TPSA) is 97.4 Å². The predicted molar refractivity (Wildman–Crippen MR) is 125 cm³/mol. The molecule has 0 fully saturated rings. The van der Waals surface area contributed by atoms with Crippen LogP contribution in [-0.4, -0.2) is 21.8 Å². The Morgan fingerprint density at radius 2 is 1.97 bits per heavy atom. The van der Waals surface area contributed by atoms with Crippen molar-refractivity contribution in [3.8, 4) is 23.3 Å². The summed E-state index contributed by atoms with van der Waals surface area (Å²) >= 11 is 14.2. The highest BCUT2D eigenvalue weighted by Crippen LogP contribution is 2.35. The zero-order chi connectivity index (χ0) is 22.7. The van der Waals surface area contributed by atoms with Gasteiger partial charge < -0.3 is 14.6 Å². The lowest BCUT2D eigenvalue weighted by molar-refractivity contribution is 0.188. The van der Waals surface area contributed by atoms with E-state index in [-0.39, 0.29) is 39.3 Å². The number of hydrogen-bond acceptors (Lipinski definition) is 6. The predicted octanol–water partition coefficient (Wildman–Crippen LogP) is 4.93. The van der Waals surface area contributed by atoms with E-state index < -0.39 is 11.7 Å². The summed E-state index contributed by atoms with van der Waals surface area (Å²) in [7, 11) is 1.57. The number of hydrogen-bond donors (Lipinski definition) is 1. The largest absolute Gasteiger partial charge is 0.497 e. The highest BCUT2D eigenvalue weighted by atomic mass is 127. The van der Waals surface area contributed by atoms with Crippen LogP contribution < -0.4 is 15.0 Å². The molecular formula is C21H16Cl2IN3O4. The fraction of sp³-hybridized carbons (Fsp3) is 0.190. The molecule has 31 heavy (non-hydrogen) atoms. The van der Waals surface area contributed by atoms with Gasteiger partial charge in [0.1, 0.15) is 28.3 Å². The Kier molecular flexibility index (Phi) is 7.43. The van der Waals surface area contributed by atoms with Crippen molar-refractivity contribution >= 4 is 45.8 Å². The summed E-state index contributed by atoms with van der Waals surface area (Å²) in [5.41, 5.74) is 0.473. The Hall–Kier alpha value is -2.32. The van der Waals surface area contributed by atoms with Crippen LogP contribution in [0.4, 0.5) is 0 Å². The summed E-state index contributed by atoms with van der Waals surface area (Å²) in [6.07, 6.45) is -1.08.